The molecule has 5 nitrogen and oxygen atoms in total. The number of nitrogens with zero attached hydrogens (tertiary/aromatic N) is 2. The van der Waals surface area contributed by atoms with E-state index in [9.17, 15) is 4.79 Å². The van der Waals surface area contributed by atoms with E-state index in [0.29, 0.717) is 5.92 Å². The predicted octanol–water partition coefficient (Wildman–Crippen LogP) is 1.99. The van der Waals surface area contributed by atoms with E-state index >= 15 is 0 Å². The van der Waals surface area contributed by atoms with E-state index < -0.39 is 0 Å². The second-order valence-electron chi connectivity index (χ2n) is 4.62. The summed E-state index contributed by atoms with van der Waals surface area (Å²) in [6, 6.07) is -0.158. The third kappa shape index (κ3) is 1.90. The van der Waals surface area contributed by atoms with E-state index in [0.717, 1.165) is 30.2 Å². The van der Waals surface area contributed by atoms with Gasteiger partial charge in [-0.1, -0.05) is 20.3 Å². The molecule has 5 heteroatoms. The molecule has 0 saturated heterocycles. The van der Waals surface area contributed by atoms with E-state index in [1.165, 1.54) is 0 Å². The molecule has 1 aliphatic heterocycles. The normalized spacial score (nSPS) is 20.5. The number of fused-ring (bicyclic) bond motifs is 1. The summed E-state index contributed by atoms with van der Waals surface area (Å²) in [6.45, 7) is 8.94. The highest BCUT2D eigenvalue weighted by Crippen LogP contribution is 2.32. The van der Waals surface area contributed by atoms with Crippen LogP contribution < -0.4 is 10.6 Å². The fourth-order valence-electron chi connectivity index (χ4n) is 2.16. The number of anilines is 2. The van der Waals surface area contributed by atoms with Gasteiger partial charge in [0, 0.05) is 6.54 Å². The highest BCUT2D eigenvalue weighted by Gasteiger charge is 2.32. The number of nitrogens with one attached hydrogen (secondary N) is 2. The lowest BCUT2D eigenvalue weighted by Gasteiger charge is -2.29. The van der Waals surface area contributed by atoms with Crippen molar-refractivity contribution in [2.75, 3.05) is 10.6 Å². The van der Waals surface area contributed by atoms with Crippen LogP contribution in [-0.2, 0) is 11.3 Å². The minimum absolute atomic E-state index is 0.0469. The Balaban J connectivity index is 2.36. The van der Waals surface area contributed by atoms with Crippen LogP contribution in [0.2, 0.25) is 0 Å². The molecule has 17 heavy (non-hydrogen) atoms. The zero-order chi connectivity index (χ0) is 12.6. The van der Waals surface area contributed by atoms with Gasteiger partial charge in [-0.3, -0.25) is 4.79 Å². The Morgan fingerprint density at radius 2 is 2.18 bits per heavy atom. The van der Waals surface area contributed by atoms with Crippen LogP contribution in [0.4, 0.5) is 11.5 Å². The summed E-state index contributed by atoms with van der Waals surface area (Å²) in [5.74, 6) is 1.30. The topological polar surface area (TPSA) is 59.0 Å². The molecular weight excluding hydrogens is 216 g/mol. The summed E-state index contributed by atoms with van der Waals surface area (Å²) >= 11 is 0. The Morgan fingerprint density at radius 3 is 2.76 bits per heavy atom. The first-order valence-electron chi connectivity index (χ1n) is 6.23. The van der Waals surface area contributed by atoms with Gasteiger partial charge in [0.15, 0.2) is 0 Å². The van der Waals surface area contributed by atoms with Crippen LogP contribution in [0.3, 0.4) is 0 Å². The molecule has 0 fully saturated rings. The molecule has 1 aromatic heterocycles. The van der Waals surface area contributed by atoms with E-state index in [1.807, 2.05) is 18.5 Å². The maximum atomic E-state index is 12.0. The van der Waals surface area contributed by atoms with Crippen LogP contribution in [0.5, 0.6) is 0 Å². The predicted molar refractivity (Wildman–Crippen MR) is 68.1 cm³/mol. The molecule has 1 aromatic rings. The molecular formula is C12H20N4O. The lowest BCUT2D eigenvalue weighted by molar-refractivity contribution is -0.118. The fraction of sp³-hybridized carbons (Fsp3) is 0.667. The van der Waals surface area contributed by atoms with Crippen LogP contribution >= 0.6 is 0 Å². The maximum absolute atomic E-state index is 12.0. The lowest BCUT2D eigenvalue weighted by Crippen LogP contribution is -2.43. The molecule has 0 radical (unpaired) electrons. The average molecular weight is 236 g/mol. The smallest absolute Gasteiger partial charge is 0.247 e. The van der Waals surface area contributed by atoms with Crippen LogP contribution in [-0.4, -0.2) is 21.7 Å². The number of aryl methyl sites for hydroxylation is 2. The first-order valence-corrected chi connectivity index (χ1v) is 6.23. The minimum Gasteiger partial charge on any atom is -0.357 e. The number of hydrogen-bond donors (Lipinski definition) is 2. The van der Waals surface area contributed by atoms with Crippen molar-refractivity contribution >= 4 is 17.4 Å². The van der Waals surface area contributed by atoms with Crippen molar-refractivity contribution in [3.8, 4) is 0 Å². The largest absolute Gasteiger partial charge is 0.357 e. The monoisotopic (exact) mass is 236 g/mol. The highest BCUT2D eigenvalue weighted by molar-refractivity contribution is 6.03. The molecule has 0 aliphatic carbocycles. The number of hydrogen-bond acceptors (Lipinski definition) is 3. The first kappa shape index (κ1) is 12.0. The Kier molecular flexibility index (Phi) is 3.09. The third-order valence-electron chi connectivity index (χ3n) is 3.46. The summed E-state index contributed by atoms with van der Waals surface area (Å²) in [4.78, 5) is 12.0. The van der Waals surface area contributed by atoms with Gasteiger partial charge in [0.05, 0.1) is 5.69 Å². The quantitative estimate of drug-likeness (QED) is 0.843. The number of carbonyl (C=O) groups excluding carboxylic acids is 1. The Bertz CT molecular complexity index is 438. The lowest BCUT2D eigenvalue weighted by atomic mass is 9.97. The zero-order valence-electron chi connectivity index (χ0n) is 10.9. The SMILES string of the molecule is CCC(C)C1Nc2c(c(C)nn2CC)NC1=O. The Morgan fingerprint density at radius 1 is 1.47 bits per heavy atom. The van der Waals surface area contributed by atoms with Crippen molar-refractivity contribution in [1.29, 1.82) is 0 Å². The molecule has 2 unspecified atom stereocenters. The van der Waals surface area contributed by atoms with Crippen LogP contribution in [0.1, 0.15) is 32.9 Å². The molecule has 2 N–H and O–H groups in total. The summed E-state index contributed by atoms with van der Waals surface area (Å²) in [5.41, 5.74) is 1.70. The maximum Gasteiger partial charge on any atom is 0.247 e. The summed E-state index contributed by atoms with van der Waals surface area (Å²) in [6.07, 6.45) is 0.972. The number of carbonyl (C=O) groups is 1. The van der Waals surface area contributed by atoms with Crippen LogP contribution in [0.25, 0.3) is 0 Å². The summed E-state index contributed by atoms with van der Waals surface area (Å²) in [7, 11) is 0. The molecule has 2 rings (SSSR count). The molecule has 0 saturated carbocycles. The molecule has 2 heterocycles. The number of rotatable bonds is 3. The van der Waals surface area contributed by atoms with E-state index in [2.05, 4.69) is 29.6 Å². The molecule has 1 amide bonds. The Hall–Kier alpha value is -1.52. The third-order valence-corrected chi connectivity index (χ3v) is 3.46. The first-order chi connectivity index (χ1) is 8.08. The molecule has 94 valence electrons. The second kappa shape index (κ2) is 4.39. The molecule has 0 spiro atoms. The van der Waals surface area contributed by atoms with Gasteiger partial charge >= 0.3 is 0 Å². The average Bonchev–Trinajstić information content (AvgIpc) is 2.64. The summed E-state index contributed by atoms with van der Waals surface area (Å²) in [5, 5.41) is 10.7. The summed E-state index contributed by atoms with van der Waals surface area (Å²) < 4.78 is 1.90. The van der Waals surface area contributed by atoms with E-state index in [1.54, 1.807) is 0 Å². The van der Waals surface area contributed by atoms with E-state index in [-0.39, 0.29) is 11.9 Å². The molecule has 0 bridgehead atoms. The van der Waals surface area contributed by atoms with Crippen molar-refractivity contribution in [3.63, 3.8) is 0 Å². The van der Waals surface area contributed by atoms with Crippen molar-refractivity contribution in [2.45, 2.75) is 46.7 Å². The number of amides is 1. The van der Waals surface area contributed by atoms with Gasteiger partial charge in [-0.25, -0.2) is 4.68 Å². The van der Waals surface area contributed by atoms with Crippen molar-refractivity contribution in [2.24, 2.45) is 5.92 Å². The molecule has 1 aliphatic rings. The molecule has 0 aromatic carbocycles. The van der Waals surface area contributed by atoms with Gasteiger partial charge in [-0.05, 0) is 19.8 Å². The van der Waals surface area contributed by atoms with Gasteiger partial charge < -0.3 is 10.6 Å². The van der Waals surface area contributed by atoms with Gasteiger partial charge in [0.2, 0.25) is 5.91 Å². The van der Waals surface area contributed by atoms with Crippen LogP contribution in [0.15, 0.2) is 0 Å². The van der Waals surface area contributed by atoms with Gasteiger partial charge in [-0.15, -0.1) is 0 Å². The molecule has 2 atom stereocenters. The van der Waals surface area contributed by atoms with Crippen molar-refractivity contribution in [3.05, 3.63) is 5.69 Å². The van der Waals surface area contributed by atoms with Gasteiger partial charge in [-0.2, -0.15) is 5.10 Å². The van der Waals surface area contributed by atoms with Gasteiger partial charge in [0.25, 0.3) is 0 Å². The van der Waals surface area contributed by atoms with Crippen molar-refractivity contribution < 1.29 is 4.79 Å². The van der Waals surface area contributed by atoms with Gasteiger partial charge in [0.1, 0.15) is 17.5 Å². The zero-order valence-corrected chi connectivity index (χ0v) is 10.9. The minimum atomic E-state index is -0.158. The van der Waals surface area contributed by atoms with Crippen molar-refractivity contribution in [1.82, 2.24) is 9.78 Å². The standard InChI is InChI=1S/C12H20N4O/c1-5-7(3)9-12(17)14-10-8(4)15-16(6-2)11(10)13-9/h7,9,13H,5-6H2,1-4H3,(H,14,17). The van der Waals surface area contributed by atoms with Crippen LogP contribution in [0, 0.1) is 12.8 Å². The highest BCUT2D eigenvalue weighted by atomic mass is 16.2. The van der Waals surface area contributed by atoms with E-state index in [4.69, 9.17) is 0 Å². The number of aromatic nitrogens is 2. The second-order valence-corrected chi connectivity index (χ2v) is 4.62. The Labute approximate surface area is 102 Å². The fourth-order valence-corrected chi connectivity index (χ4v) is 2.16.